The van der Waals surface area contributed by atoms with Crippen LogP contribution in [0, 0.1) is 5.92 Å². The van der Waals surface area contributed by atoms with Crippen molar-refractivity contribution < 1.29 is 9.21 Å². The Morgan fingerprint density at radius 3 is 2.67 bits per heavy atom. The Hall–Kier alpha value is -2.29. The Balaban J connectivity index is 1.56. The molecule has 3 nitrogen and oxygen atoms in total. The number of furan rings is 1. The van der Waals surface area contributed by atoms with Gasteiger partial charge in [-0.25, -0.2) is 0 Å². The van der Waals surface area contributed by atoms with E-state index in [4.69, 9.17) is 4.42 Å². The molecule has 0 aliphatic heterocycles. The quantitative estimate of drug-likeness (QED) is 0.863. The Kier molecular flexibility index (Phi) is 4.20. The van der Waals surface area contributed by atoms with Crippen LogP contribution in [0.1, 0.15) is 24.8 Å². The number of benzene rings is 1. The molecule has 1 aliphatic rings. The van der Waals surface area contributed by atoms with Crippen molar-refractivity contribution >= 4 is 5.91 Å². The second-order valence-electron chi connectivity index (χ2n) is 5.41. The van der Waals surface area contributed by atoms with E-state index in [2.05, 4.69) is 29.6 Å². The molecule has 1 amide bonds. The van der Waals surface area contributed by atoms with Gasteiger partial charge in [-0.1, -0.05) is 36.4 Å². The Bertz CT molecular complexity index is 611. The smallest absolute Gasteiger partial charge is 0.223 e. The van der Waals surface area contributed by atoms with E-state index >= 15 is 0 Å². The summed E-state index contributed by atoms with van der Waals surface area (Å²) < 4.78 is 5.08. The van der Waals surface area contributed by atoms with Crippen molar-refractivity contribution in [3.8, 4) is 11.1 Å². The maximum atomic E-state index is 12.1. The molecule has 2 aromatic rings. The predicted octanol–water partition coefficient (Wildman–Crippen LogP) is 3.92. The molecule has 3 heteroatoms. The average molecular weight is 281 g/mol. The summed E-state index contributed by atoms with van der Waals surface area (Å²) in [4.78, 5) is 12.1. The first-order valence-corrected chi connectivity index (χ1v) is 7.37. The minimum Gasteiger partial charge on any atom is -0.472 e. The molecule has 0 saturated carbocycles. The molecule has 0 unspecified atom stereocenters. The molecule has 1 aromatic carbocycles. The predicted molar refractivity (Wildman–Crippen MR) is 82.5 cm³/mol. The van der Waals surface area contributed by atoms with E-state index in [1.165, 1.54) is 0 Å². The van der Waals surface area contributed by atoms with Crippen LogP contribution in [0.4, 0.5) is 0 Å². The zero-order chi connectivity index (χ0) is 14.5. The lowest BCUT2D eigenvalue weighted by Crippen LogP contribution is -2.30. The largest absolute Gasteiger partial charge is 0.472 e. The third-order valence-corrected chi connectivity index (χ3v) is 3.92. The van der Waals surface area contributed by atoms with E-state index in [1.54, 1.807) is 12.5 Å². The number of hydrogen-bond acceptors (Lipinski definition) is 2. The summed E-state index contributed by atoms with van der Waals surface area (Å²) in [6, 6.07) is 10.1. The molecular weight excluding hydrogens is 262 g/mol. The van der Waals surface area contributed by atoms with Gasteiger partial charge in [-0.05, 0) is 36.5 Å². The number of amides is 1. The van der Waals surface area contributed by atoms with Crippen LogP contribution in [0.2, 0.25) is 0 Å². The number of hydrogen-bond donors (Lipinski definition) is 1. The van der Waals surface area contributed by atoms with Gasteiger partial charge in [0.2, 0.25) is 5.91 Å². The second kappa shape index (κ2) is 6.44. The van der Waals surface area contributed by atoms with Gasteiger partial charge in [-0.2, -0.15) is 0 Å². The van der Waals surface area contributed by atoms with Gasteiger partial charge in [0.1, 0.15) is 0 Å². The van der Waals surface area contributed by atoms with Crippen molar-refractivity contribution in [2.75, 3.05) is 0 Å². The molecule has 0 fully saturated rings. The van der Waals surface area contributed by atoms with E-state index in [0.717, 1.165) is 36.0 Å². The maximum absolute atomic E-state index is 12.1. The number of carbonyl (C=O) groups is 1. The SMILES string of the molecule is O=C(NCc1ccc(-c2ccoc2)cc1)[C@H]1CC=CCC1. The highest BCUT2D eigenvalue weighted by Gasteiger charge is 2.17. The lowest BCUT2D eigenvalue weighted by molar-refractivity contribution is -0.125. The van der Waals surface area contributed by atoms with E-state index in [9.17, 15) is 4.79 Å². The Morgan fingerprint density at radius 2 is 2.00 bits per heavy atom. The summed E-state index contributed by atoms with van der Waals surface area (Å²) in [5.41, 5.74) is 3.30. The van der Waals surface area contributed by atoms with E-state index in [-0.39, 0.29) is 11.8 Å². The summed E-state index contributed by atoms with van der Waals surface area (Å²) >= 11 is 0. The van der Waals surface area contributed by atoms with Gasteiger partial charge in [0.05, 0.1) is 12.5 Å². The Morgan fingerprint density at radius 1 is 1.14 bits per heavy atom. The lowest BCUT2D eigenvalue weighted by Gasteiger charge is -2.17. The van der Waals surface area contributed by atoms with Crippen molar-refractivity contribution in [3.63, 3.8) is 0 Å². The number of nitrogens with one attached hydrogen (secondary N) is 1. The van der Waals surface area contributed by atoms with Gasteiger partial charge in [0.25, 0.3) is 0 Å². The van der Waals surface area contributed by atoms with Gasteiger partial charge in [0.15, 0.2) is 0 Å². The highest BCUT2D eigenvalue weighted by atomic mass is 16.3. The fourth-order valence-electron chi connectivity index (χ4n) is 2.61. The van der Waals surface area contributed by atoms with Gasteiger partial charge in [-0.15, -0.1) is 0 Å². The molecule has 1 aromatic heterocycles. The fourth-order valence-corrected chi connectivity index (χ4v) is 2.61. The van der Waals surface area contributed by atoms with Crippen molar-refractivity contribution in [3.05, 3.63) is 60.6 Å². The van der Waals surface area contributed by atoms with Crippen LogP contribution in [-0.2, 0) is 11.3 Å². The first-order valence-electron chi connectivity index (χ1n) is 7.37. The number of carbonyl (C=O) groups excluding carboxylic acids is 1. The fraction of sp³-hybridized carbons (Fsp3) is 0.278. The monoisotopic (exact) mass is 281 g/mol. The highest BCUT2D eigenvalue weighted by Crippen LogP contribution is 2.21. The van der Waals surface area contributed by atoms with E-state index < -0.39 is 0 Å². The minimum absolute atomic E-state index is 0.139. The zero-order valence-electron chi connectivity index (χ0n) is 11.9. The summed E-state index contributed by atoms with van der Waals surface area (Å²) in [6.45, 7) is 0.588. The molecule has 1 heterocycles. The summed E-state index contributed by atoms with van der Waals surface area (Å²) in [7, 11) is 0. The Labute approximate surface area is 124 Å². The van der Waals surface area contributed by atoms with Crippen molar-refractivity contribution in [1.29, 1.82) is 0 Å². The molecule has 0 saturated heterocycles. The molecule has 108 valence electrons. The van der Waals surface area contributed by atoms with Crippen molar-refractivity contribution in [1.82, 2.24) is 5.32 Å². The average Bonchev–Trinajstić information content (AvgIpc) is 3.08. The third kappa shape index (κ3) is 3.43. The molecule has 0 bridgehead atoms. The normalized spacial score (nSPS) is 17.6. The van der Waals surface area contributed by atoms with Crippen molar-refractivity contribution in [2.24, 2.45) is 5.92 Å². The first kappa shape index (κ1) is 13.7. The summed E-state index contributed by atoms with van der Waals surface area (Å²) in [5, 5.41) is 3.03. The standard InChI is InChI=1S/C18H19NO2/c20-18(16-4-2-1-3-5-16)19-12-14-6-8-15(9-7-14)17-10-11-21-13-17/h1-2,6-11,13,16H,3-5,12H2,(H,19,20)/t16-/m0/s1. The minimum atomic E-state index is 0.139. The van der Waals surface area contributed by atoms with Gasteiger partial charge in [0, 0.05) is 18.0 Å². The number of rotatable bonds is 4. The van der Waals surface area contributed by atoms with Gasteiger partial charge < -0.3 is 9.73 Å². The molecule has 1 N–H and O–H groups in total. The molecule has 0 spiro atoms. The summed E-state index contributed by atoms with van der Waals surface area (Å²) in [6.07, 6.45) is 10.5. The van der Waals surface area contributed by atoms with Crippen LogP contribution < -0.4 is 5.32 Å². The summed E-state index contributed by atoms with van der Waals surface area (Å²) in [5.74, 6) is 0.304. The van der Waals surface area contributed by atoms with Crippen LogP contribution in [0.5, 0.6) is 0 Å². The van der Waals surface area contributed by atoms with Crippen molar-refractivity contribution in [2.45, 2.75) is 25.8 Å². The van der Waals surface area contributed by atoms with E-state index in [0.29, 0.717) is 6.54 Å². The maximum Gasteiger partial charge on any atom is 0.223 e. The van der Waals surface area contributed by atoms with Crippen LogP contribution in [-0.4, -0.2) is 5.91 Å². The molecule has 1 atom stereocenters. The first-order chi connectivity index (χ1) is 10.3. The van der Waals surface area contributed by atoms with Crippen LogP contribution in [0.25, 0.3) is 11.1 Å². The third-order valence-electron chi connectivity index (χ3n) is 3.92. The zero-order valence-corrected chi connectivity index (χ0v) is 11.9. The van der Waals surface area contributed by atoms with Gasteiger partial charge >= 0.3 is 0 Å². The van der Waals surface area contributed by atoms with E-state index in [1.807, 2.05) is 18.2 Å². The topological polar surface area (TPSA) is 42.2 Å². The molecule has 3 rings (SSSR count). The highest BCUT2D eigenvalue weighted by molar-refractivity contribution is 5.79. The van der Waals surface area contributed by atoms with Crippen LogP contribution in [0.15, 0.2) is 59.4 Å². The van der Waals surface area contributed by atoms with Gasteiger partial charge in [-0.3, -0.25) is 4.79 Å². The molecule has 1 aliphatic carbocycles. The molecule has 21 heavy (non-hydrogen) atoms. The molecular formula is C18H19NO2. The molecule has 0 radical (unpaired) electrons. The second-order valence-corrected chi connectivity index (χ2v) is 5.41. The van der Waals surface area contributed by atoms with Crippen LogP contribution >= 0.6 is 0 Å². The lowest BCUT2D eigenvalue weighted by atomic mass is 9.93. The number of allylic oxidation sites excluding steroid dienone is 2. The van der Waals surface area contributed by atoms with Crippen LogP contribution in [0.3, 0.4) is 0 Å².